The number of benzene rings is 1. The van der Waals surface area contributed by atoms with Gasteiger partial charge in [0.2, 0.25) is 0 Å². The zero-order valence-corrected chi connectivity index (χ0v) is 10.2. The number of rotatable bonds is 5. The highest BCUT2D eigenvalue weighted by Gasteiger charge is 2.05. The van der Waals surface area contributed by atoms with Crippen molar-refractivity contribution >= 4 is 28.0 Å². The van der Waals surface area contributed by atoms with Crippen molar-refractivity contribution in [2.24, 2.45) is 0 Å². The molecule has 0 saturated heterocycles. The Kier molecular flexibility index (Phi) is 5.01. The monoisotopic (exact) mass is 286 g/mol. The molecule has 0 aromatic heterocycles. The molecule has 1 aromatic rings. The van der Waals surface area contributed by atoms with Crippen LogP contribution in [0, 0.1) is 0 Å². The van der Waals surface area contributed by atoms with Crippen molar-refractivity contribution in [3.05, 3.63) is 34.3 Å². The van der Waals surface area contributed by atoms with Gasteiger partial charge in [-0.1, -0.05) is 12.1 Å². The lowest BCUT2D eigenvalue weighted by Gasteiger charge is -2.09. The van der Waals surface area contributed by atoms with Crippen LogP contribution in [0.1, 0.15) is 5.56 Å². The van der Waals surface area contributed by atoms with E-state index in [1.807, 2.05) is 6.07 Å². The van der Waals surface area contributed by atoms with E-state index in [1.165, 1.54) is 13.2 Å². The highest BCUT2D eigenvalue weighted by Crippen LogP contribution is 2.29. The second kappa shape index (κ2) is 6.30. The predicted octanol–water partition coefficient (Wildman–Crippen LogP) is 2.53. The minimum atomic E-state index is -1.00. The van der Waals surface area contributed by atoms with Crippen LogP contribution in [0.15, 0.2) is 28.7 Å². The van der Waals surface area contributed by atoms with Crippen LogP contribution in [0.25, 0.3) is 6.08 Å². The minimum absolute atomic E-state index is 0.108. The van der Waals surface area contributed by atoms with Gasteiger partial charge in [-0.15, -0.1) is 0 Å². The largest absolute Gasteiger partial charge is 0.478 e. The summed E-state index contributed by atoms with van der Waals surface area (Å²) in [5.74, 6) is -0.445. The summed E-state index contributed by atoms with van der Waals surface area (Å²) in [6, 6.07) is 5.36. The summed E-state index contributed by atoms with van der Waals surface area (Å²) in [6.45, 7) is 0.108. The van der Waals surface area contributed by atoms with Crippen LogP contribution in [-0.4, -0.2) is 25.0 Å². The van der Waals surface area contributed by atoms with Crippen LogP contribution in [0.4, 0.5) is 0 Å². The van der Waals surface area contributed by atoms with Crippen molar-refractivity contribution in [2.75, 3.05) is 13.9 Å². The summed E-state index contributed by atoms with van der Waals surface area (Å²) < 4.78 is 10.9. The maximum atomic E-state index is 10.4. The second-order valence-corrected chi connectivity index (χ2v) is 3.73. The van der Waals surface area contributed by atoms with Gasteiger partial charge in [0.1, 0.15) is 5.75 Å². The van der Waals surface area contributed by atoms with Gasteiger partial charge in [-0.05, 0) is 28.1 Å². The van der Waals surface area contributed by atoms with Crippen LogP contribution in [0.5, 0.6) is 5.75 Å². The molecule has 0 radical (unpaired) electrons. The lowest BCUT2D eigenvalue weighted by molar-refractivity contribution is -0.131. The van der Waals surface area contributed by atoms with E-state index >= 15 is 0 Å². The molecule has 86 valence electrons. The summed E-state index contributed by atoms with van der Waals surface area (Å²) in [7, 11) is 1.52. The standard InChI is InChI=1S/C11H11BrO4/c1-15-7-16-11-8(5-6-10(13)14)3-2-4-9(11)12/h2-6H,7H2,1H3,(H,13,14). The molecule has 0 spiro atoms. The molecule has 1 aromatic carbocycles. The summed E-state index contributed by atoms with van der Waals surface area (Å²) in [6.07, 6.45) is 2.53. The SMILES string of the molecule is COCOc1c(Br)cccc1C=CC(=O)O. The molecule has 1 rings (SSSR count). The summed E-state index contributed by atoms with van der Waals surface area (Å²) in [5.41, 5.74) is 0.675. The number of ether oxygens (including phenoxy) is 2. The van der Waals surface area contributed by atoms with Gasteiger partial charge in [-0.3, -0.25) is 0 Å². The number of methoxy groups -OCH3 is 1. The lowest BCUT2D eigenvalue weighted by Crippen LogP contribution is -2.01. The third-order valence-corrected chi connectivity index (χ3v) is 2.35. The fourth-order valence-corrected chi connectivity index (χ4v) is 1.58. The molecular formula is C11H11BrO4. The van der Waals surface area contributed by atoms with Gasteiger partial charge < -0.3 is 14.6 Å². The number of hydrogen-bond donors (Lipinski definition) is 1. The van der Waals surface area contributed by atoms with E-state index in [2.05, 4.69) is 15.9 Å². The van der Waals surface area contributed by atoms with Gasteiger partial charge in [0.25, 0.3) is 0 Å². The van der Waals surface area contributed by atoms with Crippen molar-refractivity contribution in [3.63, 3.8) is 0 Å². The molecule has 0 aliphatic heterocycles. The third kappa shape index (κ3) is 3.67. The molecule has 0 aliphatic carbocycles. The molecule has 0 atom stereocenters. The number of carboxylic acid groups (broad SMARTS) is 1. The van der Waals surface area contributed by atoms with Crippen LogP contribution >= 0.6 is 15.9 Å². The Morgan fingerprint density at radius 2 is 2.31 bits per heavy atom. The highest BCUT2D eigenvalue weighted by molar-refractivity contribution is 9.10. The van der Waals surface area contributed by atoms with Crippen molar-refractivity contribution < 1.29 is 19.4 Å². The van der Waals surface area contributed by atoms with Gasteiger partial charge in [0.05, 0.1) is 4.47 Å². The van der Waals surface area contributed by atoms with Crippen LogP contribution in [0.3, 0.4) is 0 Å². The first-order valence-electron chi connectivity index (χ1n) is 4.46. The molecule has 0 saturated carbocycles. The van der Waals surface area contributed by atoms with Crippen molar-refractivity contribution in [2.45, 2.75) is 0 Å². The smallest absolute Gasteiger partial charge is 0.328 e. The molecular weight excluding hydrogens is 276 g/mol. The number of para-hydroxylation sites is 1. The van der Waals surface area contributed by atoms with Crippen molar-refractivity contribution in [1.29, 1.82) is 0 Å². The van der Waals surface area contributed by atoms with E-state index in [9.17, 15) is 4.79 Å². The Hall–Kier alpha value is -1.33. The summed E-state index contributed by atoms with van der Waals surface area (Å²) >= 11 is 3.32. The first-order valence-corrected chi connectivity index (χ1v) is 5.25. The number of carboxylic acids is 1. The molecule has 0 fully saturated rings. The second-order valence-electron chi connectivity index (χ2n) is 2.88. The molecule has 0 amide bonds. The van der Waals surface area contributed by atoms with E-state index in [4.69, 9.17) is 14.6 Å². The third-order valence-electron chi connectivity index (χ3n) is 1.72. The van der Waals surface area contributed by atoms with Crippen molar-refractivity contribution in [3.8, 4) is 5.75 Å². The van der Waals surface area contributed by atoms with E-state index in [1.54, 1.807) is 12.1 Å². The Morgan fingerprint density at radius 3 is 2.94 bits per heavy atom. The van der Waals surface area contributed by atoms with Gasteiger partial charge in [0.15, 0.2) is 6.79 Å². The Labute approximate surface area is 102 Å². The summed E-state index contributed by atoms with van der Waals surface area (Å²) in [5, 5.41) is 8.55. The zero-order chi connectivity index (χ0) is 12.0. The Bertz CT molecular complexity index is 401. The maximum absolute atomic E-state index is 10.4. The van der Waals surface area contributed by atoms with Crippen LogP contribution in [0.2, 0.25) is 0 Å². The van der Waals surface area contributed by atoms with E-state index in [-0.39, 0.29) is 6.79 Å². The predicted molar refractivity (Wildman–Crippen MR) is 63.3 cm³/mol. The normalized spacial score (nSPS) is 10.6. The van der Waals surface area contributed by atoms with Gasteiger partial charge in [-0.2, -0.15) is 0 Å². The molecule has 0 bridgehead atoms. The van der Waals surface area contributed by atoms with Gasteiger partial charge >= 0.3 is 5.97 Å². The van der Waals surface area contributed by atoms with Gasteiger partial charge in [-0.25, -0.2) is 4.79 Å². The molecule has 0 unspecified atom stereocenters. The fraction of sp³-hybridized carbons (Fsp3) is 0.182. The van der Waals surface area contributed by atoms with Crippen molar-refractivity contribution in [1.82, 2.24) is 0 Å². The number of carbonyl (C=O) groups is 1. The number of hydrogen-bond acceptors (Lipinski definition) is 3. The quantitative estimate of drug-likeness (QED) is 0.668. The van der Waals surface area contributed by atoms with Crippen LogP contribution in [-0.2, 0) is 9.53 Å². The maximum Gasteiger partial charge on any atom is 0.328 e. The summed E-state index contributed by atoms with van der Waals surface area (Å²) in [4.78, 5) is 10.4. The molecule has 1 N–H and O–H groups in total. The topological polar surface area (TPSA) is 55.8 Å². The van der Waals surface area contributed by atoms with E-state index < -0.39 is 5.97 Å². The Morgan fingerprint density at radius 1 is 1.56 bits per heavy atom. The highest BCUT2D eigenvalue weighted by atomic mass is 79.9. The molecule has 16 heavy (non-hydrogen) atoms. The first-order chi connectivity index (χ1) is 7.65. The van der Waals surface area contributed by atoms with E-state index in [0.29, 0.717) is 11.3 Å². The fourth-order valence-electron chi connectivity index (χ4n) is 1.09. The molecule has 0 aliphatic rings. The molecule has 4 nitrogen and oxygen atoms in total. The average molecular weight is 287 g/mol. The van der Waals surface area contributed by atoms with E-state index in [0.717, 1.165) is 10.5 Å². The molecule has 5 heteroatoms. The zero-order valence-electron chi connectivity index (χ0n) is 8.64. The Balaban J connectivity index is 2.97. The molecule has 0 heterocycles. The minimum Gasteiger partial charge on any atom is -0.478 e. The van der Waals surface area contributed by atoms with Gasteiger partial charge in [0, 0.05) is 18.7 Å². The van der Waals surface area contributed by atoms with Crippen LogP contribution < -0.4 is 4.74 Å². The number of halogens is 1. The number of aliphatic carboxylic acids is 1. The first kappa shape index (κ1) is 12.7. The lowest BCUT2D eigenvalue weighted by atomic mass is 10.2. The average Bonchev–Trinajstić information content (AvgIpc) is 2.25.